The third kappa shape index (κ3) is 12.3. The molecule has 0 aliphatic rings. The molecule has 19 heavy (non-hydrogen) atoms. The number of hydrogen-bond acceptors (Lipinski definition) is 3. The van der Waals surface area contributed by atoms with E-state index in [-0.39, 0.29) is 12.2 Å². The summed E-state index contributed by atoms with van der Waals surface area (Å²) in [6.07, 6.45) is 12.1. The Bertz CT molecular complexity index is 416. The van der Waals surface area contributed by atoms with E-state index in [9.17, 15) is 10.2 Å². The molecule has 3 nitrogen and oxygen atoms in total. The molecule has 0 saturated heterocycles. The molecule has 0 bridgehead atoms. The van der Waals surface area contributed by atoms with E-state index in [2.05, 4.69) is 24.3 Å². The molecule has 0 fully saturated rings. The third-order valence-electron chi connectivity index (χ3n) is 2.14. The van der Waals surface area contributed by atoms with Crippen molar-refractivity contribution in [2.75, 3.05) is 0 Å². The Labute approximate surface area is 115 Å². The molecule has 0 radical (unpaired) electrons. The van der Waals surface area contributed by atoms with Gasteiger partial charge in [-0.3, -0.25) is 0 Å². The van der Waals surface area contributed by atoms with E-state index < -0.39 is 12.2 Å². The van der Waals surface area contributed by atoms with Crippen LogP contribution < -0.4 is 0 Å². The van der Waals surface area contributed by atoms with Gasteiger partial charge in [0.25, 0.3) is 0 Å². The minimum Gasteiger partial charge on any atom is -0.513 e. The summed E-state index contributed by atoms with van der Waals surface area (Å²) in [5, 5.41) is 27.6. The van der Waals surface area contributed by atoms with Crippen molar-refractivity contribution in [3.63, 3.8) is 0 Å². The summed E-state index contributed by atoms with van der Waals surface area (Å²) in [6.45, 7) is 3.36. The second-order valence-corrected chi connectivity index (χ2v) is 3.98. The standard InChI is InChI=1S/C16H20O3/c1-3-9-15(18)11-6-4-5-7-12-16(19)13-8-10-14(2)17/h1,4-6,11,15-19H,2,8-10,13H2/b5-4+,11-6+/t15-,16-/m1/s1. The van der Waals surface area contributed by atoms with Crippen LogP contribution in [-0.4, -0.2) is 27.5 Å². The molecule has 0 aliphatic heterocycles. The Kier molecular flexibility index (Phi) is 10.0. The maximum Gasteiger partial charge on any atom is 0.115 e. The highest BCUT2D eigenvalue weighted by Gasteiger charge is 1.98. The monoisotopic (exact) mass is 260 g/mol. The van der Waals surface area contributed by atoms with Gasteiger partial charge in [0, 0.05) is 12.8 Å². The number of aliphatic hydroxyl groups is 3. The summed E-state index contributed by atoms with van der Waals surface area (Å²) in [6, 6.07) is 0. The zero-order chi connectivity index (χ0) is 14.5. The van der Waals surface area contributed by atoms with Gasteiger partial charge in [-0.2, -0.15) is 0 Å². The van der Waals surface area contributed by atoms with Crippen molar-refractivity contribution >= 4 is 0 Å². The lowest BCUT2D eigenvalue weighted by molar-refractivity contribution is 0.216. The minimum atomic E-state index is -0.708. The Morgan fingerprint density at radius 3 is 2.68 bits per heavy atom. The van der Waals surface area contributed by atoms with Crippen LogP contribution in [0.5, 0.6) is 0 Å². The van der Waals surface area contributed by atoms with Crippen LogP contribution in [0.25, 0.3) is 0 Å². The number of rotatable bonds is 7. The fourth-order valence-corrected chi connectivity index (χ4v) is 1.20. The summed E-state index contributed by atoms with van der Waals surface area (Å²) in [5.41, 5.74) is 0. The average molecular weight is 260 g/mol. The molecule has 0 spiro atoms. The van der Waals surface area contributed by atoms with Crippen molar-refractivity contribution in [1.29, 1.82) is 0 Å². The molecule has 3 N–H and O–H groups in total. The van der Waals surface area contributed by atoms with Crippen LogP contribution in [-0.2, 0) is 0 Å². The molecule has 0 aromatic rings. The normalized spacial score (nSPS) is 13.7. The highest BCUT2D eigenvalue weighted by atomic mass is 16.3. The average Bonchev–Trinajstić information content (AvgIpc) is 2.33. The van der Waals surface area contributed by atoms with Crippen LogP contribution in [0.4, 0.5) is 0 Å². The first-order valence-corrected chi connectivity index (χ1v) is 6.07. The van der Waals surface area contributed by atoms with E-state index in [1.165, 1.54) is 0 Å². The number of aliphatic hydroxyl groups excluding tert-OH is 3. The van der Waals surface area contributed by atoms with Crippen LogP contribution in [0, 0.1) is 24.2 Å². The summed E-state index contributed by atoms with van der Waals surface area (Å²) >= 11 is 0. The van der Waals surface area contributed by atoms with E-state index in [1.807, 2.05) is 0 Å². The molecule has 0 aromatic heterocycles. The van der Waals surface area contributed by atoms with Gasteiger partial charge >= 0.3 is 0 Å². The van der Waals surface area contributed by atoms with E-state index >= 15 is 0 Å². The predicted molar refractivity (Wildman–Crippen MR) is 77.1 cm³/mol. The molecule has 0 amide bonds. The molecular weight excluding hydrogens is 240 g/mol. The van der Waals surface area contributed by atoms with Crippen molar-refractivity contribution in [1.82, 2.24) is 0 Å². The van der Waals surface area contributed by atoms with Crippen molar-refractivity contribution in [2.24, 2.45) is 0 Å². The van der Waals surface area contributed by atoms with Crippen LogP contribution in [0.2, 0.25) is 0 Å². The number of allylic oxidation sites excluding steroid dienone is 4. The first-order valence-electron chi connectivity index (χ1n) is 6.07. The second kappa shape index (κ2) is 11.2. The van der Waals surface area contributed by atoms with E-state index in [1.54, 1.807) is 24.3 Å². The lowest BCUT2D eigenvalue weighted by Gasteiger charge is -2.01. The molecule has 0 heterocycles. The van der Waals surface area contributed by atoms with Gasteiger partial charge in [0.1, 0.15) is 6.10 Å². The van der Waals surface area contributed by atoms with Crippen molar-refractivity contribution < 1.29 is 15.3 Å². The zero-order valence-corrected chi connectivity index (χ0v) is 10.9. The third-order valence-corrected chi connectivity index (χ3v) is 2.14. The first kappa shape index (κ1) is 17.1. The molecule has 0 aliphatic carbocycles. The van der Waals surface area contributed by atoms with Crippen LogP contribution in [0.3, 0.4) is 0 Å². The summed E-state index contributed by atoms with van der Waals surface area (Å²) in [5.74, 6) is 7.81. The predicted octanol–water partition coefficient (Wildman–Crippen LogP) is 2.09. The van der Waals surface area contributed by atoms with Crippen LogP contribution >= 0.6 is 0 Å². The lowest BCUT2D eigenvalue weighted by atomic mass is 10.1. The lowest BCUT2D eigenvalue weighted by Crippen LogP contribution is -2.02. The second-order valence-electron chi connectivity index (χ2n) is 3.98. The smallest absolute Gasteiger partial charge is 0.115 e. The highest BCUT2D eigenvalue weighted by Crippen LogP contribution is 2.04. The molecule has 102 valence electrons. The molecule has 0 saturated carbocycles. The van der Waals surface area contributed by atoms with E-state index in [0.717, 1.165) is 0 Å². The Balaban J connectivity index is 3.89. The Morgan fingerprint density at radius 1 is 1.32 bits per heavy atom. The largest absolute Gasteiger partial charge is 0.513 e. The van der Waals surface area contributed by atoms with Gasteiger partial charge in [0.2, 0.25) is 0 Å². The zero-order valence-electron chi connectivity index (χ0n) is 10.9. The summed E-state index contributed by atoms with van der Waals surface area (Å²) < 4.78 is 0. The minimum absolute atomic E-state index is 0.121. The van der Waals surface area contributed by atoms with Gasteiger partial charge in [-0.25, -0.2) is 0 Å². The van der Waals surface area contributed by atoms with Gasteiger partial charge in [0.05, 0.1) is 11.9 Å². The number of hydrogen-bond donors (Lipinski definition) is 3. The molecular formula is C16H20O3. The quantitative estimate of drug-likeness (QED) is 0.373. The van der Waals surface area contributed by atoms with Gasteiger partial charge in [-0.15, -0.1) is 12.3 Å². The van der Waals surface area contributed by atoms with E-state index in [4.69, 9.17) is 11.5 Å². The fraction of sp³-hybridized carbons (Fsp3) is 0.375. The fourth-order valence-electron chi connectivity index (χ4n) is 1.20. The van der Waals surface area contributed by atoms with E-state index in [0.29, 0.717) is 19.3 Å². The van der Waals surface area contributed by atoms with Crippen LogP contribution in [0.15, 0.2) is 36.6 Å². The van der Waals surface area contributed by atoms with Gasteiger partial charge in [0.15, 0.2) is 0 Å². The number of terminal acetylenes is 1. The maximum atomic E-state index is 9.48. The van der Waals surface area contributed by atoms with Crippen molar-refractivity contribution in [3.05, 3.63) is 36.6 Å². The molecule has 0 rings (SSSR count). The van der Waals surface area contributed by atoms with Crippen LogP contribution in [0.1, 0.15) is 25.7 Å². The Morgan fingerprint density at radius 2 is 2.05 bits per heavy atom. The molecule has 0 unspecified atom stereocenters. The first-order chi connectivity index (χ1) is 9.06. The van der Waals surface area contributed by atoms with Crippen molar-refractivity contribution in [2.45, 2.75) is 37.9 Å². The SMILES string of the molecule is C#CC[C@@H](O)/C=C/C=C/C#C[C@@H](O)CCCC(=C)O. The maximum absolute atomic E-state index is 9.48. The summed E-state index contributed by atoms with van der Waals surface area (Å²) in [7, 11) is 0. The molecule has 3 heteroatoms. The molecule has 2 atom stereocenters. The van der Waals surface area contributed by atoms with Gasteiger partial charge < -0.3 is 15.3 Å². The molecule has 0 aromatic carbocycles. The van der Waals surface area contributed by atoms with Crippen molar-refractivity contribution in [3.8, 4) is 24.2 Å². The van der Waals surface area contributed by atoms with Gasteiger partial charge in [-0.05, 0) is 18.9 Å². The highest BCUT2D eigenvalue weighted by molar-refractivity contribution is 5.21. The topological polar surface area (TPSA) is 60.7 Å². The Hall–Kier alpha value is -1.94. The van der Waals surface area contributed by atoms with Gasteiger partial charge in [-0.1, -0.05) is 36.6 Å². The summed E-state index contributed by atoms with van der Waals surface area (Å²) in [4.78, 5) is 0.